The van der Waals surface area contributed by atoms with Crippen molar-refractivity contribution in [2.24, 2.45) is 0 Å². The van der Waals surface area contributed by atoms with E-state index in [-0.39, 0.29) is 23.3 Å². The van der Waals surface area contributed by atoms with Crippen molar-refractivity contribution >= 4 is 43.6 Å². The predicted octanol–water partition coefficient (Wildman–Crippen LogP) is 13.9. The molecule has 0 saturated carbocycles. The molecule has 0 spiro atoms. The fraction of sp³-hybridized carbons (Fsp3) is 0.325. The minimum Gasteiger partial charge on any atom is -0.344 e. The molecule has 12 nitrogen and oxygen atoms in total. The van der Waals surface area contributed by atoms with Crippen LogP contribution in [0.2, 0.25) is 0 Å². The molecule has 0 aliphatic carbocycles. The van der Waals surface area contributed by atoms with Crippen molar-refractivity contribution in [2.75, 3.05) is 54.4 Å². The number of likely N-dealkylation sites (N-methyl/N-ethyl adjacent to an activating group) is 4. The minimum absolute atomic E-state index is 0.153. The Hall–Kier alpha value is -8.80. The van der Waals surface area contributed by atoms with Crippen molar-refractivity contribution < 1.29 is 17.6 Å². The van der Waals surface area contributed by atoms with Gasteiger partial charge in [-0.2, -0.15) is 0 Å². The molecule has 0 unspecified atom stereocenters. The molecule has 0 fully saturated rings. The lowest BCUT2D eigenvalue weighted by Crippen LogP contribution is -2.27. The van der Waals surface area contributed by atoms with Gasteiger partial charge in [0, 0.05) is 226 Å². The molecule has 0 saturated heterocycles. The largest absolute Gasteiger partial charge is 0.344 e. The quantitative estimate of drug-likeness (QED) is 0.112. The molecule has 4 aromatic carbocycles. The van der Waals surface area contributed by atoms with Gasteiger partial charge >= 0.3 is 0 Å². The van der Waals surface area contributed by atoms with Crippen LogP contribution in [0.5, 0.6) is 0 Å². The molecule has 478 valence electrons. The molecule has 93 heavy (non-hydrogen) atoms. The van der Waals surface area contributed by atoms with Crippen LogP contribution in [0.25, 0.3) is 43.6 Å². The van der Waals surface area contributed by atoms with Gasteiger partial charge in [-0.25, -0.2) is 17.6 Å². The van der Waals surface area contributed by atoms with Crippen LogP contribution in [0.4, 0.5) is 17.6 Å². The summed E-state index contributed by atoms with van der Waals surface area (Å²) in [4.78, 5) is 26.3. The van der Waals surface area contributed by atoms with Crippen LogP contribution in [0.15, 0.2) is 165 Å². The second-order valence-corrected chi connectivity index (χ2v) is 25.8. The fourth-order valence-corrected chi connectivity index (χ4v) is 14.5. The predicted molar refractivity (Wildman–Crippen MR) is 364 cm³/mol. The number of hydrogen-bond donors (Lipinski definition) is 0. The molecule has 12 aromatic rings. The van der Waals surface area contributed by atoms with Gasteiger partial charge in [0.15, 0.2) is 0 Å². The molecule has 16 rings (SSSR count). The average Bonchev–Trinajstić information content (AvgIpc) is 1.64. The smallest absolute Gasteiger partial charge is 0.123 e. The zero-order valence-electron chi connectivity index (χ0n) is 54.1. The number of benzene rings is 4. The Kier molecular flexibility index (Phi) is 19.1. The van der Waals surface area contributed by atoms with Crippen LogP contribution < -0.4 is 0 Å². The highest BCUT2D eigenvalue weighted by molar-refractivity contribution is 5.88. The van der Waals surface area contributed by atoms with E-state index in [2.05, 4.69) is 122 Å². The zero-order valence-corrected chi connectivity index (χ0v) is 54.1. The van der Waals surface area contributed by atoms with Crippen LogP contribution in [-0.4, -0.2) is 112 Å². The van der Waals surface area contributed by atoms with Crippen molar-refractivity contribution in [3.63, 3.8) is 0 Å². The Morgan fingerprint density at radius 1 is 0.355 bits per heavy atom. The van der Waals surface area contributed by atoms with Crippen molar-refractivity contribution in [2.45, 2.75) is 111 Å². The van der Waals surface area contributed by atoms with Gasteiger partial charge in [-0.15, -0.1) is 0 Å². The maximum atomic E-state index is 13.8. The summed E-state index contributed by atoms with van der Waals surface area (Å²) in [6, 6.07) is 39.2. The first kappa shape index (κ1) is 63.0. The SMILES string of the molecule is CN1CCc2c(c3cc(F)ccc3n2CCc2ccccn2)C1.CN1CCc2c(c3cc(F)ccc3n2CCc2cccnc2)C1.CN1CCc2c(c3cc(F)ccc3n2CCc2ccncc2)C1.Cc1ccc(CCn2c3c(c4cc(F)ccc42)CN(C)CC3)cn1. The molecule has 12 heterocycles. The number of rotatable bonds is 12. The van der Waals surface area contributed by atoms with Gasteiger partial charge in [-0.3, -0.25) is 19.9 Å². The normalized spacial score (nSPS) is 15.0. The van der Waals surface area contributed by atoms with Crippen molar-refractivity contribution in [1.82, 2.24) is 57.8 Å². The Labute approximate surface area is 542 Å². The van der Waals surface area contributed by atoms with Crippen LogP contribution >= 0.6 is 0 Å². The molecule has 0 N–H and O–H groups in total. The summed E-state index contributed by atoms with van der Waals surface area (Å²) in [6.45, 7) is 13.4. The van der Waals surface area contributed by atoms with E-state index in [1.165, 1.54) is 61.7 Å². The lowest BCUT2D eigenvalue weighted by molar-refractivity contribution is 0.309. The molecule has 8 aromatic heterocycles. The third-order valence-corrected chi connectivity index (χ3v) is 19.3. The van der Waals surface area contributed by atoms with E-state index in [9.17, 15) is 17.6 Å². The van der Waals surface area contributed by atoms with Gasteiger partial charge < -0.3 is 37.9 Å². The number of aryl methyl sites for hydroxylation is 9. The molecule has 16 heteroatoms. The van der Waals surface area contributed by atoms with Gasteiger partial charge in [-0.05, 0) is 203 Å². The summed E-state index contributed by atoms with van der Waals surface area (Å²) in [6.07, 6.45) is 19.0. The number of hydrogen-bond acceptors (Lipinski definition) is 8. The standard InChI is InChI=1S/C20H22FN3.3C19H20FN3/c1-14-3-4-15(12-22-14)7-10-24-19-6-5-16(21)11-17(19)18-13-23(2)9-8-20(18)24;1-22-10-7-19-17(13-22)16-12-15(20)2-3-18(16)23(19)11-6-14-4-8-21-9-5-14;1-22-9-7-19-17(13-22)16-11-15(20)4-5-18(16)23(19)10-6-14-3-2-8-21-12-14;1-22-10-8-19-17(13-22)16-12-14(20)5-6-18(16)23(19)11-7-15-4-2-3-9-21-15/h3-6,11-12H,7-10,13H2,1-2H3;2-5,8-9,12H,6-7,10-11,13H2,1H3;2-5,8,11-12H,6-7,9-10,13H2,1H3;2-6,9,12H,7-8,10-11,13H2,1H3. The number of nitrogens with zero attached hydrogens (tertiary/aromatic N) is 12. The Morgan fingerprint density at radius 2 is 0.753 bits per heavy atom. The molecule has 0 atom stereocenters. The summed E-state index contributed by atoms with van der Waals surface area (Å²) < 4.78 is 64.5. The zero-order chi connectivity index (χ0) is 64.1. The average molecular weight is 1250 g/mol. The monoisotopic (exact) mass is 1250 g/mol. The fourth-order valence-electron chi connectivity index (χ4n) is 14.5. The van der Waals surface area contributed by atoms with Gasteiger partial charge in [-0.1, -0.05) is 18.2 Å². The maximum absolute atomic E-state index is 13.8. The van der Waals surface area contributed by atoms with Gasteiger partial charge in [0.25, 0.3) is 0 Å². The first-order chi connectivity index (χ1) is 45.3. The van der Waals surface area contributed by atoms with Crippen molar-refractivity contribution in [1.29, 1.82) is 0 Å². The molecule has 0 bridgehead atoms. The summed E-state index contributed by atoms with van der Waals surface area (Å²) in [5, 5.41) is 4.27. The van der Waals surface area contributed by atoms with E-state index < -0.39 is 0 Å². The summed E-state index contributed by atoms with van der Waals surface area (Å²) in [5.41, 5.74) is 21.1. The lowest BCUT2D eigenvalue weighted by Gasteiger charge is -2.24. The topological polar surface area (TPSA) is 84.2 Å². The van der Waals surface area contributed by atoms with Crippen LogP contribution in [-0.2, 0) is 104 Å². The second-order valence-electron chi connectivity index (χ2n) is 25.8. The molecule has 0 amide bonds. The lowest BCUT2D eigenvalue weighted by atomic mass is 10.0. The molecule has 4 aliphatic rings. The third kappa shape index (κ3) is 14.1. The first-order valence-electron chi connectivity index (χ1n) is 32.8. The number of pyridine rings is 4. The molecule has 4 aliphatic heterocycles. The van der Waals surface area contributed by atoms with E-state index in [1.807, 2.05) is 80.4 Å². The van der Waals surface area contributed by atoms with E-state index in [0.29, 0.717) is 0 Å². The maximum Gasteiger partial charge on any atom is 0.123 e. The Balaban J connectivity index is 0.000000113. The molecular weight excluding hydrogens is 1170 g/mol. The van der Waals surface area contributed by atoms with Crippen molar-refractivity contribution in [3.05, 3.63) is 261 Å². The van der Waals surface area contributed by atoms with E-state index in [4.69, 9.17) is 0 Å². The highest BCUT2D eigenvalue weighted by Crippen LogP contribution is 2.36. The first-order valence-corrected chi connectivity index (χ1v) is 32.8. The minimum atomic E-state index is -0.157. The van der Waals surface area contributed by atoms with Crippen LogP contribution in [0.1, 0.15) is 73.1 Å². The van der Waals surface area contributed by atoms with Gasteiger partial charge in [0.2, 0.25) is 0 Å². The molecular formula is C77H82F4N12. The van der Waals surface area contributed by atoms with Crippen LogP contribution in [0, 0.1) is 30.2 Å². The van der Waals surface area contributed by atoms with E-state index >= 15 is 0 Å². The molecule has 0 radical (unpaired) electrons. The highest BCUT2D eigenvalue weighted by Gasteiger charge is 2.27. The van der Waals surface area contributed by atoms with E-state index in [0.717, 1.165) is 185 Å². The Morgan fingerprint density at radius 3 is 1.12 bits per heavy atom. The van der Waals surface area contributed by atoms with Gasteiger partial charge in [0.1, 0.15) is 23.3 Å². The third-order valence-electron chi connectivity index (χ3n) is 19.3. The highest BCUT2D eigenvalue weighted by atomic mass is 19.1. The second kappa shape index (κ2) is 28.2. The summed E-state index contributed by atoms with van der Waals surface area (Å²) >= 11 is 0. The summed E-state index contributed by atoms with van der Waals surface area (Å²) in [7, 11) is 8.51. The van der Waals surface area contributed by atoms with E-state index in [1.54, 1.807) is 54.7 Å². The van der Waals surface area contributed by atoms with Crippen molar-refractivity contribution in [3.8, 4) is 0 Å². The summed E-state index contributed by atoms with van der Waals surface area (Å²) in [5.74, 6) is -0.619. The Bertz CT molecular complexity index is 4210. The van der Waals surface area contributed by atoms with Gasteiger partial charge in [0.05, 0.1) is 0 Å². The number of fused-ring (bicyclic) bond motifs is 12. The number of aromatic nitrogens is 8. The number of halogens is 4. The van der Waals surface area contributed by atoms with Crippen LogP contribution in [0.3, 0.4) is 0 Å².